The number of hydrogen-bond acceptors (Lipinski definition) is 3. The molecule has 0 saturated heterocycles. The zero-order chi connectivity index (χ0) is 16.0. The lowest BCUT2D eigenvalue weighted by molar-refractivity contribution is -0.148. The number of carbonyl (C=O) groups is 2. The zero-order valence-corrected chi connectivity index (χ0v) is 13.1. The topological polar surface area (TPSA) is 75.6 Å². The molecule has 2 N–H and O–H groups in total. The third-order valence-corrected chi connectivity index (χ3v) is 3.33. The van der Waals surface area contributed by atoms with Gasteiger partial charge in [0.05, 0.1) is 0 Å². The molecule has 0 aliphatic rings. The van der Waals surface area contributed by atoms with Gasteiger partial charge in [-0.3, -0.25) is 4.79 Å². The molecule has 0 bridgehead atoms. The van der Waals surface area contributed by atoms with E-state index in [0.29, 0.717) is 23.6 Å². The number of ether oxygens (including phenoxy) is 1. The number of amides is 1. The number of carbonyl (C=O) groups excluding carboxylic acids is 1. The lowest BCUT2D eigenvalue weighted by Gasteiger charge is -2.27. The van der Waals surface area contributed by atoms with Crippen molar-refractivity contribution in [2.24, 2.45) is 0 Å². The Bertz CT molecular complexity index is 520. The van der Waals surface area contributed by atoms with Gasteiger partial charge in [-0.25, -0.2) is 4.79 Å². The molecule has 0 spiro atoms. The first-order valence-corrected chi connectivity index (χ1v) is 7.14. The van der Waals surface area contributed by atoms with E-state index in [1.165, 1.54) is 6.92 Å². The molecule has 0 radical (unpaired) electrons. The summed E-state index contributed by atoms with van der Waals surface area (Å²) in [5, 5.41) is 12.3. The number of carboxylic acid groups (broad SMARTS) is 1. The summed E-state index contributed by atoms with van der Waals surface area (Å²) in [6.45, 7) is 4.91. The van der Waals surface area contributed by atoms with Crippen LogP contribution in [0.15, 0.2) is 24.3 Å². The third-order valence-electron chi connectivity index (χ3n) is 3.10. The van der Waals surface area contributed by atoms with Crippen LogP contribution in [-0.2, 0) is 9.59 Å². The lowest BCUT2D eigenvalue weighted by atomic mass is 9.96. The molecule has 1 amide bonds. The van der Waals surface area contributed by atoms with Gasteiger partial charge < -0.3 is 15.2 Å². The Labute approximate surface area is 129 Å². The molecule has 21 heavy (non-hydrogen) atoms. The van der Waals surface area contributed by atoms with Crippen molar-refractivity contribution in [1.29, 1.82) is 0 Å². The lowest BCUT2D eigenvalue weighted by Crippen LogP contribution is -2.55. The molecule has 1 aromatic carbocycles. The first-order chi connectivity index (χ1) is 9.78. The van der Waals surface area contributed by atoms with E-state index in [1.54, 1.807) is 31.2 Å². The molecule has 2 unspecified atom stereocenters. The number of nitrogens with one attached hydrogen (secondary N) is 1. The van der Waals surface area contributed by atoms with E-state index in [4.69, 9.17) is 16.3 Å². The summed E-state index contributed by atoms with van der Waals surface area (Å²) in [4.78, 5) is 23.4. The Morgan fingerprint density at radius 2 is 2.14 bits per heavy atom. The average molecular weight is 314 g/mol. The van der Waals surface area contributed by atoms with Crippen molar-refractivity contribution in [1.82, 2.24) is 5.32 Å². The van der Waals surface area contributed by atoms with Crippen molar-refractivity contribution in [2.45, 2.75) is 45.3 Å². The van der Waals surface area contributed by atoms with Gasteiger partial charge >= 0.3 is 5.97 Å². The van der Waals surface area contributed by atoms with Crippen LogP contribution in [0.25, 0.3) is 0 Å². The average Bonchev–Trinajstić information content (AvgIpc) is 2.38. The van der Waals surface area contributed by atoms with Crippen LogP contribution in [0.5, 0.6) is 5.75 Å². The maximum absolute atomic E-state index is 12.1. The van der Waals surface area contributed by atoms with Gasteiger partial charge in [-0.1, -0.05) is 31.0 Å². The monoisotopic (exact) mass is 313 g/mol. The Morgan fingerprint density at radius 1 is 1.48 bits per heavy atom. The van der Waals surface area contributed by atoms with Crippen molar-refractivity contribution >= 4 is 23.5 Å². The summed E-state index contributed by atoms with van der Waals surface area (Å²) in [5.41, 5.74) is -1.29. The van der Waals surface area contributed by atoms with E-state index in [-0.39, 0.29) is 0 Å². The summed E-state index contributed by atoms with van der Waals surface area (Å²) in [6.07, 6.45) is 0.170. The minimum Gasteiger partial charge on any atom is -0.481 e. The predicted octanol–water partition coefficient (Wildman–Crippen LogP) is 2.87. The van der Waals surface area contributed by atoms with Crippen molar-refractivity contribution in [3.63, 3.8) is 0 Å². The summed E-state index contributed by atoms with van der Waals surface area (Å²) in [5.74, 6) is -1.08. The molecule has 0 heterocycles. The molecule has 6 heteroatoms. The summed E-state index contributed by atoms with van der Waals surface area (Å²) < 4.78 is 5.47. The van der Waals surface area contributed by atoms with E-state index >= 15 is 0 Å². The highest BCUT2D eigenvalue weighted by Crippen LogP contribution is 2.19. The van der Waals surface area contributed by atoms with Crippen molar-refractivity contribution in [3.05, 3.63) is 29.3 Å². The summed E-state index contributed by atoms with van der Waals surface area (Å²) >= 11 is 5.84. The Balaban J connectivity index is 2.72. The molecule has 2 atom stereocenters. The molecule has 1 rings (SSSR count). The fraction of sp³-hybridized carbons (Fsp3) is 0.467. The van der Waals surface area contributed by atoms with Gasteiger partial charge in [0.1, 0.15) is 11.3 Å². The number of halogens is 1. The van der Waals surface area contributed by atoms with Crippen LogP contribution in [0, 0.1) is 0 Å². The molecule has 0 saturated carbocycles. The van der Waals surface area contributed by atoms with Crippen LogP contribution in [0.4, 0.5) is 0 Å². The maximum atomic E-state index is 12.1. The smallest absolute Gasteiger partial charge is 0.329 e. The number of rotatable bonds is 7. The van der Waals surface area contributed by atoms with Crippen LogP contribution >= 0.6 is 11.6 Å². The highest BCUT2D eigenvalue weighted by Gasteiger charge is 2.35. The van der Waals surface area contributed by atoms with Crippen LogP contribution < -0.4 is 10.1 Å². The van der Waals surface area contributed by atoms with E-state index in [0.717, 1.165) is 0 Å². The molecular weight excluding hydrogens is 294 g/mol. The second-order valence-electron chi connectivity index (χ2n) is 5.09. The van der Waals surface area contributed by atoms with Gasteiger partial charge in [-0.05, 0) is 38.5 Å². The quantitative estimate of drug-likeness (QED) is 0.811. The van der Waals surface area contributed by atoms with Crippen LogP contribution in [0.2, 0.25) is 5.02 Å². The molecular formula is C15H20ClNO4. The third kappa shape index (κ3) is 4.93. The highest BCUT2D eigenvalue weighted by atomic mass is 35.5. The maximum Gasteiger partial charge on any atom is 0.329 e. The predicted molar refractivity (Wildman–Crippen MR) is 80.6 cm³/mol. The fourth-order valence-electron chi connectivity index (χ4n) is 1.89. The fourth-order valence-corrected chi connectivity index (χ4v) is 2.07. The van der Waals surface area contributed by atoms with Crippen molar-refractivity contribution < 1.29 is 19.4 Å². The second kappa shape index (κ2) is 7.31. The van der Waals surface area contributed by atoms with Crippen molar-refractivity contribution in [2.75, 3.05) is 0 Å². The number of aliphatic carboxylic acids is 1. The normalized spacial score (nSPS) is 14.9. The first kappa shape index (κ1) is 17.3. The van der Waals surface area contributed by atoms with E-state index < -0.39 is 23.5 Å². The molecule has 0 aliphatic heterocycles. The van der Waals surface area contributed by atoms with Crippen LogP contribution in [0.3, 0.4) is 0 Å². The van der Waals surface area contributed by atoms with E-state index in [2.05, 4.69) is 5.32 Å². The van der Waals surface area contributed by atoms with Gasteiger partial charge in [-0.2, -0.15) is 0 Å². The van der Waals surface area contributed by atoms with Gasteiger partial charge in [0.2, 0.25) is 0 Å². The molecule has 0 aliphatic carbocycles. The molecule has 1 aromatic rings. The minimum absolute atomic E-state index is 0.345. The Hall–Kier alpha value is -1.75. The molecule has 5 nitrogen and oxygen atoms in total. The Morgan fingerprint density at radius 3 is 2.67 bits per heavy atom. The second-order valence-corrected chi connectivity index (χ2v) is 5.53. The van der Waals surface area contributed by atoms with Gasteiger partial charge in [0, 0.05) is 5.02 Å². The van der Waals surface area contributed by atoms with Gasteiger partial charge in [0.25, 0.3) is 5.91 Å². The van der Waals surface area contributed by atoms with Gasteiger partial charge in [0.15, 0.2) is 6.10 Å². The van der Waals surface area contributed by atoms with Crippen LogP contribution in [-0.4, -0.2) is 28.6 Å². The number of hydrogen-bond donors (Lipinski definition) is 2. The molecule has 0 aromatic heterocycles. The van der Waals surface area contributed by atoms with Gasteiger partial charge in [-0.15, -0.1) is 0 Å². The molecule has 116 valence electrons. The number of benzene rings is 1. The standard InChI is InChI=1S/C15H20ClNO4/c1-4-8-15(3,14(19)20)17-13(18)10(2)21-12-7-5-6-11(16)9-12/h5-7,9-10H,4,8H2,1-3H3,(H,17,18)(H,19,20). The number of carboxylic acids is 1. The summed E-state index contributed by atoms with van der Waals surface area (Å²) in [6, 6.07) is 6.68. The van der Waals surface area contributed by atoms with Crippen LogP contribution in [0.1, 0.15) is 33.6 Å². The zero-order valence-electron chi connectivity index (χ0n) is 12.4. The Kier molecular flexibility index (Phi) is 6.03. The van der Waals surface area contributed by atoms with E-state index in [9.17, 15) is 14.7 Å². The first-order valence-electron chi connectivity index (χ1n) is 6.76. The SMILES string of the molecule is CCCC(C)(NC(=O)C(C)Oc1cccc(Cl)c1)C(=O)O. The summed E-state index contributed by atoms with van der Waals surface area (Å²) in [7, 11) is 0. The molecule has 0 fully saturated rings. The highest BCUT2D eigenvalue weighted by molar-refractivity contribution is 6.30. The van der Waals surface area contributed by atoms with Crippen molar-refractivity contribution in [3.8, 4) is 5.75 Å². The van der Waals surface area contributed by atoms with E-state index in [1.807, 2.05) is 6.92 Å². The largest absolute Gasteiger partial charge is 0.481 e. The minimum atomic E-state index is -1.29.